The van der Waals surface area contributed by atoms with Gasteiger partial charge in [0, 0.05) is 11.8 Å². The molecule has 0 aromatic heterocycles. The van der Waals surface area contributed by atoms with Crippen molar-refractivity contribution >= 4 is 16.7 Å². The average molecular weight is 260 g/mol. The second-order valence-corrected chi connectivity index (χ2v) is 4.53. The van der Waals surface area contributed by atoms with Gasteiger partial charge in [-0.3, -0.25) is 0 Å². The number of halogens is 1. The van der Waals surface area contributed by atoms with Crippen molar-refractivity contribution < 1.29 is 18.7 Å². The molecule has 1 saturated heterocycles. The van der Waals surface area contributed by atoms with Crippen LogP contribution in [0.1, 0.15) is 16.8 Å². The lowest BCUT2D eigenvalue weighted by atomic mass is 10.0. The standard InChI is InChI=1S/C15H13FO3/c16-14-6-5-13(11-3-1-2-4-12(11)14)15(17)19-10-7-8-18-9-10/h1-6,10H,7-9H2. The topological polar surface area (TPSA) is 35.5 Å². The molecule has 0 bridgehead atoms. The lowest BCUT2D eigenvalue weighted by molar-refractivity contribution is 0.0273. The van der Waals surface area contributed by atoms with E-state index in [1.54, 1.807) is 24.3 Å². The molecule has 1 aliphatic heterocycles. The molecule has 1 atom stereocenters. The van der Waals surface area contributed by atoms with E-state index in [4.69, 9.17) is 9.47 Å². The maximum absolute atomic E-state index is 13.7. The Morgan fingerprint density at radius 3 is 2.74 bits per heavy atom. The van der Waals surface area contributed by atoms with Crippen LogP contribution in [0.25, 0.3) is 10.8 Å². The van der Waals surface area contributed by atoms with Crippen molar-refractivity contribution in [3.8, 4) is 0 Å². The quantitative estimate of drug-likeness (QED) is 0.779. The first kappa shape index (κ1) is 12.1. The minimum absolute atomic E-state index is 0.198. The molecular formula is C15H13FO3. The van der Waals surface area contributed by atoms with E-state index in [0.29, 0.717) is 36.0 Å². The minimum Gasteiger partial charge on any atom is -0.456 e. The van der Waals surface area contributed by atoms with E-state index in [1.807, 2.05) is 0 Å². The van der Waals surface area contributed by atoms with E-state index in [-0.39, 0.29) is 11.9 Å². The Balaban J connectivity index is 1.95. The summed E-state index contributed by atoms with van der Waals surface area (Å²) in [5.41, 5.74) is 0.393. The zero-order valence-electron chi connectivity index (χ0n) is 10.3. The molecule has 0 spiro atoms. The van der Waals surface area contributed by atoms with Gasteiger partial charge >= 0.3 is 5.97 Å². The van der Waals surface area contributed by atoms with E-state index in [0.717, 1.165) is 0 Å². The summed E-state index contributed by atoms with van der Waals surface area (Å²) in [6, 6.07) is 9.66. The van der Waals surface area contributed by atoms with Crippen molar-refractivity contribution in [1.29, 1.82) is 0 Å². The zero-order chi connectivity index (χ0) is 13.2. The largest absolute Gasteiger partial charge is 0.456 e. The number of hydrogen-bond donors (Lipinski definition) is 0. The third-order valence-electron chi connectivity index (χ3n) is 3.25. The lowest BCUT2D eigenvalue weighted by Crippen LogP contribution is -2.18. The molecule has 0 N–H and O–H groups in total. The second kappa shape index (κ2) is 4.97. The minimum atomic E-state index is -0.424. The van der Waals surface area contributed by atoms with Gasteiger partial charge in [0.2, 0.25) is 0 Å². The van der Waals surface area contributed by atoms with Crippen LogP contribution < -0.4 is 0 Å². The Labute approximate surface area is 109 Å². The summed E-state index contributed by atoms with van der Waals surface area (Å²) < 4.78 is 24.2. The fourth-order valence-corrected chi connectivity index (χ4v) is 2.26. The Bertz CT molecular complexity index is 618. The molecule has 3 rings (SSSR count). The monoisotopic (exact) mass is 260 g/mol. The first-order valence-corrected chi connectivity index (χ1v) is 6.21. The Morgan fingerprint density at radius 2 is 2.00 bits per heavy atom. The van der Waals surface area contributed by atoms with Gasteiger partial charge in [-0.1, -0.05) is 24.3 Å². The van der Waals surface area contributed by atoms with Crippen molar-refractivity contribution in [2.75, 3.05) is 13.2 Å². The van der Waals surface area contributed by atoms with Crippen molar-refractivity contribution in [2.45, 2.75) is 12.5 Å². The van der Waals surface area contributed by atoms with Crippen LogP contribution in [0.4, 0.5) is 4.39 Å². The molecule has 1 fully saturated rings. The third-order valence-corrected chi connectivity index (χ3v) is 3.25. The first-order chi connectivity index (χ1) is 9.25. The van der Waals surface area contributed by atoms with Crippen LogP contribution in [-0.2, 0) is 9.47 Å². The summed E-state index contributed by atoms with van der Waals surface area (Å²) in [4.78, 5) is 12.1. The summed E-state index contributed by atoms with van der Waals surface area (Å²) in [6.07, 6.45) is 0.515. The van der Waals surface area contributed by atoms with Gasteiger partial charge in [-0.05, 0) is 17.5 Å². The summed E-state index contributed by atoms with van der Waals surface area (Å²) in [5, 5.41) is 1.01. The molecule has 98 valence electrons. The number of carbonyl (C=O) groups excluding carboxylic acids is 1. The maximum Gasteiger partial charge on any atom is 0.339 e. The van der Waals surface area contributed by atoms with Gasteiger partial charge in [-0.15, -0.1) is 0 Å². The normalized spacial score (nSPS) is 18.7. The molecule has 1 heterocycles. The van der Waals surface area contributed by atoms with Crippen molar-refractivity contribution in [2.24, 2.45) is 0 Å². The number of carbonyl (C=O) groups is 1. The predicted octanol–water partition coefficient (Wildman–Crippen LogP) is 2.92. The number of benzene rings is 2. The molecule has 1 aliphatic rings. The molecule has 0 radical (unpaired) electrons. The van der Waals surface area contributed by atoms with E-state index in [9.17, 15) is 9.18 Å². The van der Waals surface area contributed by atoms with Crippen LogP contribution in [0.5, 0.6) is 0 Å². The molecule has 1 unspecified atom stereocenters. The number of fused-ring (bicyclic) bond motifs is 1. The summed E-state index contributed by atoms with van der Waals surface area (Å²) >= 11 is 0. The maximum atomic E-state index is 13.7. The van der Waals surface area contributed by atoms with E-state index in [1.165, 1.54) is 12.1 Å². The fourth-order valence-electron chi connectivity index (χ4n) is 2.26. The average Bonchev–Trinajstić information content (AvgIpc) is 2.92. The highest BCUT2D eigenvalue weighted by Crippen LogP contribution is 2.23. The third kappa shape index (κ3) is 2.31. The molecule has 2 aromatic rings. The van der Waals surface area contributed by atoms with Gasteiger partial charge < -0.3 is 9.47 Å². The van der Waals surface area contributed by atoms with Crippen LogP contribution in [0.15, 0.2) is 36.4 Å². The predicted molar refractivity (Wildman–Crippen MR) is 68.5 cm³/mol. The van der Waals surface area contributed by atoms with E-state index < -0.39 is 5.97 Å². The molecule has 0 saturated carbocycles. The molecule has 0 aliphatic carbocycles. The van der Waals surface area contributed by atoms with Crippen molar-refractivity contribution in [3.63, 3.8) is 0 Å². The number of rotatable bonds is 2. The SMILES string of the molecule is O=C(OC1CCOC1)c1ccc(F)c2ccccc12. The van der Waals surface area contributed by atoms with Crippen LogP contribution >= 0.6 is 0 Å². The van der Waals surface area contributed by atoms with Crippen LogP contribution in [0.2, 0.25) is 0 Å². The lowest BCUT2D eigenvalue weighted by Gasteiger charge is -2.11. The molecule has 19 heavy (non-hydrogen) atoms. The van der Waals surface area contributed by atoms with Gasteiger partial charge in [0.1, 0.15) is 11.9 Å². The van der Waals surface area contributed by atoms with Gasteiger partial charge in [0.15, 0.2) is 0 Å². The smallest absolute Gasteiger partial charge is 0.339 e. The molecule has 4 heteroatoms. The highest BCUT2D eigenvalue weighted by atomic mass is 19.1. The van der Waals surface area contributed by atoms with E-state index >= 15 is 0 Å². The second-order valence-electron chi connectivity index (χ2n) is 4.53. The van der Waals surface area contributed by atoms with Crippen molar-refractivity contribution in [1.82, 2.24) is 0 Å². The highest BCUT2D eigenvalue weighted by Gasteiger charge is 2.22. The van der Waals surface area contributed by atoms with Gasteiger partial charge in [-0.2, -0.15) is 0 Å². The molecule has 0 amide bonds. The van der Waals surface area contributed by atoms with Gasteiger partial charge in [0.25, 0.3) is 0 Å². The Hall–Kier alpha value is -1.94. The Kier molecular flexibility index (Phi) is 3.17. The zero-order valence-corrected chi connectivity index (χ0v) is 10.3. The van der Waals surface area contributed by atoms with E-state index in [2.05, 4.69) is 0 Å². The fraction of sp³-hybridized carbons (Fsp3) is 0.267. The number of hydrogen-bond acceptors (Lipinski definition) is 3. The van der Waals surface area contributed by atoms with Gasteiger partial charge in [-0.25, -0.2) is 9.18 Å². The highest BCUT2D eigenvalue weighted by molar-refractivity contribution is 6.04. The Morgan fingerprint density at radius 1 is 1.21 bits per heavy atom. The summed E-state index contributed by atoms with van der Waals surface area (Å²) in [7, 11) is 0. The summed E-state index contributed by atoms with van der Waals surface area (Å²) in [5.74, 6) is -0.761. The van der Waals surface area contributed by atoms with Crippen LogP contribution in [0, 0.1) is 5.82 Å². The molecule has 2 aromatic carbocycles. The van der Waals surface area contributed by atoms with Crippen LogP contribution in [-0.4, -0.2) is 25.3 Å². The van der Waals surface area contributed by atoms with Crippen molar-refractivity contribution in [3.05, 3.63) is 47.8 Å². The number of esters is 1. The van der Waals surface area contributed by atoms with Crippen LogP contribution in [0.3, 0.4) is 0 Å². The van der Waals surface area contributed by atoms with Gasteiger partial charge in [0.05, 0.1) is 18.8 Å². The molecule has 3 nitrogen and oxygen atoms in total. The summed E-state index contributed by atoms with van der Waals surface area (Å²) in [6.45, 7) is 1.05. The number of ether oxygens (including phenoxy) is 2. The molecular weight excluding hydrogens is 247 g/mol. The first-order valence-electron chi connectivity index (χ1n) is 6.21.